The van der Waals surface area contributed by atoms with E-state index in [1.807, 2.05) is 24.3 Å². The molecule has 0 aliphatic carbocycles. The Kier molecular flexibility index (Phi) is 5.38. The molecule has 0 saturated heterocycles. The van der Waals surface area contributed by atoms with Gasteiger partial charge in [-0.25, -0.2) is 0 Å². The summed E-state index contributed by atoms with van der Waals surface area (Å²) in [6.45, 7) is 4.27. The number of hydrogen-bond acceptors (Lipinski definition) is 2. The molecule has 0 spiro atoms. The average molecular weight is 304 g/mol. The monoisotopic (exact) mass is 303 g/mol. The van der Waals surface area contributed by atoms with Gasteiger partial charge in [0.25, 0.3) is 0 Å². The Balaban J connectivity index is 2.32. The lowest BCUT2D eigenvalue weighted by atomic mass is 9.70. The van der Waals surface area contributed by atoms with E-state index in [1.54, 1.807) is 12.4 Å². The van der Waals surface area contributed by atoms with Gasteiger partial charge in [0.2, 0.25) is 0 Å². The van der Waals surface area contributed by atoms with Crippen LogP contribution in [0.5, 0.6) is 0 Å². The van der Waals surface area contributed by atoms with Gasteiger partial charge in [0.05, 0.1) is 11.1 Å². The van der Waals surface area contributed by atoms with Crippen LogP contribution in [0.4, 0.5) is 0 Å². The van der Waals surface area contributed by atoms with Crippen molar-refractivity contribution in [2.45, 2.75) is 44.6 Å². The molecule has 2 rings (SSSR count). The number of aromatic nitrogens is 1. The maximum absolute atomic E-state index is 10.9. The third-order valence-electron chi connectivity index (χ3n) is 4.52. The summed E-state index contributed by atoms with van der Waals surface area (Å²) in [6.07, 6.45) is 5.18. The van der Waals surface area contributed by atoms with E-state index in [0.29, 0.717) is 11.4 Å². The van der Waals surface area contributed by atoms with Crippen LogP contribution in [-0.2, 0) is 11.8 Å². The highest BCUT2D eigenvalue weighted by Gasteiger charge is 2.36. The summed E-state index contributed by atoms with van der Waals surface area (Å²) in [5, 5.41) is 11.5. The van der Waals surface area contributed by atoms with Gasteiger partial charge in [0.1, 0.15) is 0 Å². The van der Waals surface area contributed by atoms with E-state index in [0.717, 1.165) is 18.4 Å². The average Bonchev–Trinajstić information content (AvgIpc) is 2.52. The molecular formula is C18H22ClNO. The third kappa shape index (κ3) is 3.28. The maximum Gasteiger partial charge on any atom is 0.0677 e. The summed E-state index contributed by atoms with van der Waals surface area (Å²) in [5.74, 6) is 0. The molecule has 3 heteroatoms. The summed E-state index contributed by atoms with van der Waals surface area (Å²) in [5.41, 5.74) is 1.89. The maximum atomic E-state index is 10.9. The minimum atomic E-state index is -0.477. The lowest BCUT2D eigenvalue weighted by Crippen LogP contribution is -2.40. The zero-order chi connectivity index (χ0) is 15.3. The van der Waals surface area contributed by atoms with E-state index in [2.05, 4.69) is 31.0 Å². The predicted octanol–water partition coefficient (Wildman–Crippen LogP) is 4.40. The zero-order valence-corrected chi connectivity index (χ0v) is 13.3. The predicted molar refractivity (Wildman–Crippen MR) is 87.7 cm³/mol. The van der Waals surface area contributed by atoms with Crippen LogP contribution in [0.15, 0.2) is 48.8 Å². The molecule has 2 aromatic rings. The van der Waals surface area contributed by atoms with Crippen LogP contribution in [0.2, 0.25) is 5.02 Å². The quantitative estimate of drug-likeness (QED) is 0.858. The van der Waals surface area contributed by atoms with E-state index in [-0.39, 0.29) is 5.41 Å². The van der Waals surface area contributed by atoms with Crippen molar-refractivity contribution >= 4 is 11.6 Å². The van der Waals surface area contributed by atoms with Crippen molar-refractivity contribution in [3.8, 4) is 0 Å². The number of pyridine rings is 1. The fourth-order valence-corrected chi connectivity index (χ4v) is 3.26. The number of aliphatic hydroxyl groups is 1. The first-order chi connectivity index (χ1) is 10.1. The summed E-state index contributed by atoms with van der Waals surface area (Å²) < 4.78 is 0. The van der Waals surface area contributed by atoms with Gasteiger partial charge >= 0.3 is 0 Å². The lowest BCUT2D eigenvalue weighted by Gasteiger charge is -2.37. The number of hydrogen-bond donors (Lipinski definition) is 1. The zero-order valence-electron chi connectivity index (χ0n) is 12.6. The van der Waals surface area contributed by atoms with Crippen molar-refractivity contribution in [3.05, 3.63) is 64.9 Å². The molecule has 1 atom stereocenters. The Morgan fingerprint density at radius 2 is 1.81 bits per heavy atom. The van der Waals surface area contributed by atoms with Crippen LogP contribution >= 0.6 is 11.6 Å². The van der Waals surface area contributed by atoms with E-state index in [9.17, 15) is 5.11 Å². The van der Waals surface area contributed by atoms with Gasteiger partial charge in [-0.05, 0) is 30.0 Å². The largest absolute Gasteiger partial charge is 0.392 e. The lowest BCUT2D eigenvalue weighted by molar-refractivity contribution is 0.0734. The van der Waals surface area contributed by atoms with E-state index in [1.165, 1.54) is 5.56 Å². The van der Waals surface area contributed by atoms with Crippen LogP contribution < -0.4 is 0 Å². The molecule has 1 unspecified atom stereocenters. The molecule has 0 radical (unpaired) electrons. The number of aliphatic hydroxyl groups excluding tert-OH is 1. The Hall–Kier alpha value is -1.38. The van der Waals surface area contributed by atoms with Crippen molar-refractivity contribution in [1.82, 2.24) is 4.98 Å². The van der Waals surface area contributed by atoms with Crippen molar-refractivity contribution in [3.63, 3.8) is 0 Å². The smallest absolute Gasteiger partial charge is 0.0677 e. The van der Waals surface area contributed by atoms with Crippen LogP contribution in [0.25, 0.3) is 0 Å². The first-order valence-electron chi connectivity index (χ1n) is 7.46. The Morgan fingerprint density at radius 3 is 2.38 bits per heavy atom. The molecule has 21 heavy (non-hydrogen) atoms. The van der Waals surface area contributed by atoms with Crippen molar-refractivity contribution in [2.75, 3.05) is 0 Å². The van der Waals surface area contributed by atoms with Gasteiger partial charge in [0.15, 0.2) is 0 Å². The Labute approximate surface area is 131 Å². The second kappa shape index (κ2) is 7.06. The standard InChI is InChI=1S/C18H22ClNO/c1-3-18(4-2,15-8-6-5-7-9-15)17(21)12-14-10-11-20-13-16(14)19/h5-11,13,17,21H,3-4,12H2,1-2H3. The highest BCUT2D eigenvalue weighted by molar-refractivity contribution is 6.31. The summed E-state index contributed by atoms with van der Waals surface area (Å²) in [6, 6.07) is 12.1. The molecular weight excluding hydrogens is 282 g/mol. The van der Waals surface area contributed by atoms with Crippen molar-refractivity contribution in [1.29, 1.82) is 0 Å². The third-order valence-corrected chi connectivity index (χ3v) is 4.86. The summed E-state index contributed by atoms with van der Waals surface area (Å²) in [7, 11) is 0. The minimum absolute atomic E-state index is 0.242. The van der Waals surface area contributed by atoms with Crippen molar-refractivity contribution < 1.29 is 5.11 Å². The second-order valence-electron chi connectivity index (χ2n) is 5.42. The van der Waals surface area contributed by atoms with Crippen LogP contribution in [0.1, 0.15) is 37.8 Å². The molecule has 1 aromatic heterocycles. The van der Waals surface area contributed by atoms with Gasteiger partial charge in [-0.15, -0.1) is 0 Å². The molecule has 1 aromatic carbocycles. The van der Waals surface area contributed by atoms with Gasteiger partial charge < -0.3 is 5.11 Å². The number of rotatable bonds is 6. The molecule has 0 aliphatic rings. The van der Waals surface area contributed by atoms with Gasteiger partial charge in [-0.1, -0.05) is 55.8 Å². The molecule has 0 fully saturated rings. The summed E-state index contributed by atoms with van der Waals surface area (Å²) in [4.78, 5) is 4.00. The van der Waals surface area contributed by atoms with Crippen LogP contribution in [0, 0.1) is 0 Å². The minimum Gasteiger partial charge on any atom is -0.392 e. The van der Waals surface area contributed by atoms with Gasteiger partial charge in [0, 0.05) is 24.2 Å². The van der Waals surface area contributed by atoms with Crippen LogP contribution in [-0.4, -0.2) is 16.2 Å². The molecule has 0 amide bonds. The Morgan fingerprint density at radius 1 is 1.14 bits per heavy atom. The molecule has 2 nitrogen and oxygen atoms in total. The second-order valence-corrected chi connectivity index (χ2v) is 5.82. The normalized spacial score (nSPS) is 13.1. The van der Waals surface area contributed by atoms with Gasteiger partial charge in [-0.3, -0.25) is 4.98 Å². The van der Waals surface area contributed by atoms with Gasteiger partial charge in [-0.2, -0.15) is 0 Å². The SMILES string of the molecule is CCC(CC)(c1ccccc1)C(O)Cc1ccncc1Cl. The fraction of sp³-hybridized carbons (Fsp3) is 0.389. The summed E-state index contributed by atoms with van der Waals surface area (Å²) >= 11 is 6.18. The van der Waals surface area contributed by atoms with E-state index in [4.69, 9.17) is 11.6 Å². The molecule has 112 valence electrons. The Bertz CT molecular complexity index is 566. The molecule has 0 bridgehead atoms. The topological polar surface area (TPSA) is 33.1 Å². The van der Waals surface area contributed by atoms with Crippen LogP contribution in [0.3, 0.4) is 0 Å². The van der Waals surface area contributed by atoms with Crippen molar-refractivity contribution in [2.24, 2.45) is 0 Å². The fourth-order valence-electron chi connectivity index (χ4n) is 3.07. The first kappa shape index (κ1) is 16.0. The van der Waals surface area contributed by atoms with E-state index >= 15 is 0 Å². The first-order valence-corrected chi connectivity index (χ1v) is 7.83. The molecule has 1 N–H and O–H groups in total. The highest BCUT2D eigenvalue weighted by atomic mass is 35.5. The number of nitrogens with zero attached hydrogens (tertiary/aromatic N) is 1. The van der Waals surface area contributed by atoms with E-state index < -0.39 is 6.10 Å². The number of halogens is 1. The molecule has 1 heterocycles. The highest BCUT2D eigenvalue weighted by Crippen LogP contribution is 2.37. The molecule has 0 saturated carbocycles. The molecule has 0 aliphatic heterocycles. The number of benzene rings is 1.